The predicted octanol–water partition coefficient (Wildman–Crippen LogP) is 0.702. The summed E-state index contributed by atoms with van der Waals surface area (Å²) in [5.74, 6) is -0.0358. The number of hydrogen-bond donors (Lipinski definition) is 2. The van der Waals surface area contributed by atoms with Gasteiger partial charge in [-0.3, -0.25) is 4.79 Å². The second-order valence-corrected chi connectivity index (χ2v) is 3.53. The molecule has 0 aliphatic rings. The van der Waals surface area contributed by atoms with Crippen molar-refractivity contribution in [1.82, 2.24) is 10.6 Å². The molecule has 0 fully saturated rings. The van der Waals surface area contributed by atoms with Gasteiger partial charge in [0.15, 0.2) is 0 Å². The van der Waals surface area contributed by atoms with Crippen molar-refractivity contribution >= 4 is 5.91 Å². The van der Waals surface area contributed by atoms with Gasteiger partial charge in [0, 0.05) is 13.6 Å². The third-order valence-corrected chi connectivity index (χ3v) is 2.35. The molecule has 4 heteroatoms. The SMILES string of the molecule is CNC(=O)CNCc1ccc(C#N)cc1C. The maximum atomic E-state index is 11.0. The number of aryl methyl sites for hydroxylation is 1. The largest absolute Gasteiger partial charge is 0.358 e. The molecule has 0 aromatic heterocycles. The summed E-state index contributed by atoms with van der Waals surface area (Å²) in [6.07, 6.45) is 0. The van der Waals surface area contributed by atoms with Crippen molar-refractivity contribution in [3.8, 4) is 6.07 Å². The number of nitrogens with zero attached hydrogens (tertiary/aromatic N) is 1. The van der Waals surface area contributed by atoms with Crippen LogP contribution in [0.15, 0.2) is 18.2 Å². The molecule has 0 radical (unpaired) electrons. The van der Waals surface area contributed by atoms with Gasteiger partial charge in [0.05, 0.1) is 18.2 Å². The Morgan fingerprint density at radius 1 is 1.50 bits per heavy atom. The Hall–Kier alpha value is -1.86. The van der Waals surface area contributed by atoms with Crippen LogP contribution < -0.4 is 10.6 Å². The van der Waals surface area contributed by atoms with Gasteiger partial charge in [-0.25, -0.2) is 0 Å². The lowest BCUT2D eigenvalue weighted by molar-refractivity contribution is -0.119. The highest BCUT2D eigenvalue weighted by molar-refractivity contribution is 5.77. The van der Waals surface area contributed by atoms with Crippen LogP contribution in [-0.4, -0.2) is 19.5 Å². The van der Waals surface area contributed by atoms with Gasteiger partial charge in [0.25, 0.3) is 0 Å². The van der Waals surface area contributed by atoms with Gasteiger partial charge >= 0.3 is 0 Å². The molecule has 0 saturated heterocycles. The van der Waals surface area contributed by atoms with E-state index in [1.807, 2.05) is 19.1 Å². The number of hydrogen-bond acceptors (Lipinski definition) is 3. The molecule has 1 aromatic rings. The van der Waals surface area contributed by atoms with E-state index in [1.165, 1.54) is 0 Å². The number of carbonyl (C=O) groups excluding carboxylic acids is 1. The molecule has 4 nitrogen and oxygen atoms in total. The lowest BCUT2D eigenvalue weighted by Gasteiger charge is -2.07. The first kappa shape index (κ1) is 12.2. The summed E-state index contributed by atoms with van der Waals surface area (Å²) in [7, 11) is 1.61. The number of benzene rings is 1. The highest BCUT2D eigenvalue weighted by Gasteiger charge is 2.01. The summed E-state index contributed by atoms with van der Waals surface area (Å²) < 4.78 is 0. The molecule has 1 rings (SSSR count). The second kappa shape index (κ2) is 5.89. The molecule has 0 aliphatic carbocycles. The van der Waals surface area contributed by atoms with Crippen LogP contribution >= 0.6 is 0 Å². The quantitative estimate of drug-likeness (QED) is 0.780. The first-order valence-electron chi connectivity index (χ1n) is 5.08. The fourth-order valence-electron chi connectivity index (χ4n) is 1.36. The van der Waals surface area contributed by atoms with Crippen molar-refractivity contribution in [3.63, 3.8) is 0 Å². The van der Waals surface area contributed by atoms with Crippen molar-refractivity contribution in [2.24, 2.45) is 0 Å². The Morgan fingerprint density at radius 2 is 2.25 bits per heavy atom. The minimum absolute atomic E-state index is 0.0358. The predicted molar refractivity (Wildman–Crippen MR) is 61.7 cm³/mol. The van der Waals surface area contributed by atoms with Crippen LogP contribution in [-0.2, 0) is 11.3 Å². The fourth-order valence-corrected chi connectivity index (χ4v) is 1.36. The standard InChI is InChI=1S/C12H15N3O/c1-9-5-10(6-13)3-4-11(9)7-15-8-12(16)14-2/h3-5,15H,7-8H2,1-2H3,(H,14,16). The molecule has 0 atom stereocenters. The number of amides is 1. The Balaban J connectivity index is 2.55. The Morgan fingerprint density at radius 3 is 2.81 bits per heavy atom. The van der Waals surface area contributed by atoms with E-state index in [4.69, 9.17) is 5.26 Å². The average Bonchev–Trinajstić information content (AvgIpc) is 2.30. The van der Waals surface area contributed by atoms with Crippen LogP contribution in [0.3, 0.4) is 0 Å². The van der Waals surface area contributed by atoms with Gasteiger partial charge in [0.1, 0.15) is 0 Å². The lowest BCUT2D eigenvalue weighted by Crippen LogP contribution is -2.31. The molecular formula is C12H15N3O. The Bertz CT molecular complexity index is 421. The fraction of sp³-hybridized carbons (Fsp3) is 0.333. The molecule has 16 heavy (non-hydrogen) atoms. The summed E-state index contributed by atoms with van der Waals surface area (Å²) in [5.41, 5.74) is 2.82. The van der Waals surface area contributed by atoms with Crippen LogP contribution in [0, 0.1) is 18.3 Å². The van der Waals surface area contributed by atoms with Crippen LogP contribution in [0.5, 0.6) is 0 Å². The maximum absolute atomic E-state index is 11.0. The third kappa shape index (κ3) is 3.37. The average molecular weight is 217 g/mol. The molecule has 0 spiro atoms. The number of nitrogens with one attached hydrogen (secondary N) is 2. The van der Waals surface area contributed by atoms with Gasteiger partial charge in [-0.1, -0.05) is 6.07 Å². The molecule has 0 heterocycles. The summed E-state index contributed by atoms with van der Waals surface area (Å²) in [5, 5.41) is 14.3. The van der Waals surface area contributed by atoms with Gasteiger partial charge in [-0.2, -0.15) is 5.26 Å². The van der Waals surface area contributed by atoms with Crippen molar-refractivity contribution in [2.45, 2.75) is 13.5 Å². The molecule has 0 saturated carbocycles. The highest BCUT2D eigenvalue weighted by Crippen LogP contribution is 2.09. The van der Waals surface area contributed by atoms with Crippen molar-refractivity contribution in [3.05, 3.63) is 34.9 Å². The topological polar surface area (TPSA) is 64.9 Å². The number of carbonyl (C=O) groups is 1. The van der Waals surface area contributed by atoms with Gasteiger partial charge in [-0.05, 0) is 30.2 Å². The lowest BCUT2D eigenvalue weighted by atomic mass is 10.1. The van der Waals surface area contributed by atoms with E-state index in [-0.39, 0.29) is 5.91 Å². The van der Waals surface area contributed by atoms with Gasteiger partial charge < -0.3 is 10.6 Å². The van der Waals surface area contributed by atoms with E-state index >= 15 is 0 Å². The van der Waals surface area contributed by atoms with Crippen LogP contribution in [0.25, 0.3) is 0 Å². The molecule has 84 valence electrons. The zero-order valence-electron chi connectivity index (χ0n) is 9.50. The molecule has 0 aliphatic heterocycles. The normalized spacial score (nSPS) is 9.56. The first-order chi connectivity index (χ1) is 7.67. The van der Waals surface area contributed by atoms with E-state index in [9.17, 15) is 4.79 Å². The van der Waals surface area contributed by atoms with E-state index in [0.29, 0.717) is 18.7 Å². The Labute approximate surface area is 95.3 Å². The van der Waals surface area contributed by atoms with Crippen LogP contribution in [0.1, 0.15) is 16.7 Å². The summed E-state index contributed by atoms with van der Waals surface area (Å²) in [6.45, 7) is 2.89. The molecule has 0 bridgehead atoms. The molecule has 0 unspecified atom stereocenters. The van der Waals surface area contributed by atoms with Crippen LogP contribution in [0.4, 0.5) is 0 Å². The molecule has 1 aromatic carbocycles. The summed E-state index contributed by atoms with van der Waals surface area (Å²) in [4.78, 5) is 11.0. The van der Waals surface area contributed by atoms with E-state index in [0.717, 1.165) is 11.1 Å². The zero-order valence-corrected chi connectivity index (χ0v) is 9.50. The smallest absolute Gasteiger partial charge is 0.233 e. The van der Waals surface area contributed by atoms with Crippen molar-refractivity contribution in [1.29, 1.82) is 5.26 Å². The number of nitriles is 1. The minimum Gasteiger partial charge on any atom is -0.358 e. The maximum Gasteiger partial charge on any atom is 0.233 e. The number of rotatable bonds is 4. The zero-order chi connectivity index (χ0) is 12.0. The molecule has 1 amide bonds. The molecular weight excluding hydrogens is 202 g/mol. The van der Waals surface area contributed by atoms with Gasteiger partial charge in [-0.15, -0.1) is 0 Å². The van der Waals surface area contributed by atoms with E-state index in [1.54, 1.807) is 13.1 Å². The first-order valence-corrected chi connectivity index (χ1v) is 5.08. The summed E-state index contributed by atoms with van der Waals surface area (Å²) >= 11 is 0. The van der Waals surface area contributed by atoms with E-state index in [2.05, 4.69) is 16.7 Å². The van der Waals surface area contributed by atoms with Crippen LogP contribution in [0.2, 0.25) is 0 Å². The van der Waals surface area contributed by atoms with Crippen molar-refractivity contribution in [2.75, 3.05) is 13.6 Å². The van der Waals surface area contributed by atoms with E-state index < -0.39 is 0 Å². The highest BCUT2D eigenvalue weighted by atomic mass is 16.1. The third-order valence-electron chi connectivity index (χ3n) is 2.35. The summed E-state index contributed by atoms with van der Waals surface area (Å²) in [6, 6.07) is 7.63. The van der Waals surface area contributed by atoms with Crippen molar-refractivity contribution < 1.29 is 4.79 Å². The monoisotopic (exact) mass is 217 g/mol. The minimum atomic E-state index is -0.0358. The number of likely N-dealkylation sites (N-methyl/N-ethyl adjacent to an activating group) is 1. The van der Waals surface area contributed by atoms with Gasteiger partial charge in [0.2, 0.25) is 5.91 Å². The second-order valence-electron chi connectivity index (χ2n) is 3.53. The Kier molecular flexibility index (Phi) is 4.49. The molecule has 2 N–H and O–H groups in total.